The van der Waals surface area contributed by atoms with Gasteiger partial charge in [0.2, 0.25) is 0 Å². The van der Waals surface area contributed by atoms with Gasteiger partial charge in [0.1, 0.15) is 5.75 Å². The van der Waals surface area contributed by atoms with Crippen molar-refractivity contribution in [1.82, 2.24) is 0 Å². The maximum absolute atomic E-state index is 11.8. The van der Waals surface area contributed by atoms with Crippen molar-refractivity contribution in [1.29, 1.82) is 0 Å². The molecule has 0 saturated carbocycles. The molecule has 0 spiro atoms. The fourth-order valence-electron chi connectivity index (χ4n) is 3.16. The first-order valence-corrected chi connectivity index (χ1v) is 7.14. The Morgan fingerprint density at radius 1 is 1.14 bits per heavy atom. The smallest absolute Gasteiger partial charge is 0.337 e. The number of carbonyl (C=O) groups is 1. The van der Waals surface area contributed by atoms with Crippen LogP contribution < -0.4 is 0 Å². The summed E-state index contributed by atoms with van der Waals surface area (Å²) >= 11 is 0. The molecule has 0 amide bonds. The quantitative estimate of drug-likeness (QED) is 0.812. The Morgan fingerprint density at radius 2 is 1.90 bits per heavy atom. The third kappa shape index (κ3) is 2.40. The molecule has 2 aromatic carbocycles. The highest BCUT2D eigenvalue weighted by atomic mass is 16.5. The number of phenolic OH excluding ortho intramolecular Hbond substituents is 1. The number of ether oxygens (including phenoxy) is 1. The zero-order valence-electron chi connectivity index (χ0n) is 12.3. The van der Waals surface area contributed by atoms with Crippen molar-refractivity contribution in [3.63, 3.8) is 0 Å². The highest BCUT2D eigenvalue weighted by Gasteiger charge is 2.19. The van der Waals surface area contributed by atoms with Crippen molar-refractivity contribution in [2.24, 2.45) is 0 Å². The number of methoxy groups -OCH3 is 1. The van der Waals surface area contributed by atoms with Gasteiger partial charge in [-0.25, -0.2) is 4.79 Å². The van der Waals surface area contributed by atoms with Gasteiger partial charge < -0.3 is 9.84 Å². The molecule has 1 aliphatic carbocycles. The van der Waals surface area contributed by atoms with Gasteiger partial charge in [-0.3, -0.25) is 0 Å². The van der Waals surface area contributed by atoms with Crippen LogP contribution in [0.4, 0.5) is 0 Å². The van der Waals surface area contributed by atoms with E-state index in [4.69, 9.17) is 4.74 Å². The second kappa shape index (κ2) is 5.24. The minimum Gasteiger partial charge on any atom is -0.508 e. The highest BCUT2D eigenvalue weighted by Crippen LogP contribution is 2.37. The number of fused-ring (bicyclic) bond motifs is 3. The lowest BCUT2D eigenvalue weighted by Crippen LogP contribution is -2.02. The first-order valence-electron chi connectivity index (χ1n) is 7.14. The maximum Gasteiger partial charge on any atom is 0.337 e. The number of carbonyl (C=O) groups excluding carboxylic acids is 1. The van der Waals surface area contributed by atoms with Gasteiger partial charge in [0.15, 0.2) is 0 Å². The number of aromatic hydroxyl groups is 1. The fourth-order valence-corrected chi connectivity index (χ4v) is 3.16. The molecule has 3 heteroatoms. The number of aryl methyl sites for hydroxylation is 3. The van der Waals surface area contributed by atoms with E-state index in [0.29, 0.717) is 11.3 Å². The molecule has 1 N–H and O–H groups in total. The van der Waals surface area contributed by atoms with Gasteiger partial charge in [0, 0.05) is 0 Å². The summed E-state index contributed by atoms with van der Waals surface area (Å²) in [5.74, 6) is -0.0150. The lowest BCUT2D eigenvalue weighted by Gasteiger charge is -2.14. The standard InChI is InChI=1S/C18H18O3/c1-11-8-15(19)9-13-5-3-4-12-6-7-14(18(20)21-2)10-16(12)17(11)13/h6-10,19H,3-5H2,1-2H3. The van der Waals surface area contributed by atoms with Gasteiger partial charge in [-0.15, -0.1) is 0 Å². The summed E-state index contributed by atoms with van der Waals surface area (Å²) in [5.41, 5.74) is 6.23. The molecule has 0 aliphatic heterocycles. The maximum atomic E-state index is 11.8. The van der Waals surface area contributed by atoms with Gasteiger partial charge in [0.25, 0.3) is 0 Å². The van der Waals surface area contributed by atoms with E-state index in [9.17, 15) is 9.90 Å². The van der Waals surface area contributed by atoms with Crippen molar-refractivity contribution in [2.75, 3.05) is 7.11 Å². The summed E-state index contributed by atoms with van der Waals surface area (Å²) in [6.07, 6.45) is 2.96. The van der Waals surface area contributed by atoms with Crippen molar-refractivity contribution < 1.29 is 14.6 Å². The molecule has 108 valence electrons. The molecular formula is C18H18O3. The van der Waals surface area contributed by atoms with E-state index in [2.05, 4.69) is 0 Å². The number of rotatable bonds is 1. The summed E-state index contributed by atoms with van der Waals surface area (Å²) in [5, 5.41) is 9.82. The average molecular weight is 282 g/mol. The largest absolute Gasteiger partial charge is 0.508 e. The van der Waals surface area contributed by atoms with Crippen LogP contribution in [0.3, 0.4) is 0 Å². The summed E-state index contributed by atoms with van der Waals surface area (Å²) in [6, 6.07) is 9.37. The van der Waals surface area contributed by atoms with Crippen molar-refractivity contribution in [2.45, 2.75) is 26.2 Å². The molecule has 0 radical (unpaired) electrons. The van der Waals surface area contributed by atoms with Crippen molar-refractivity contribution >= 4 is 5.97 Å². The third-order valence-electron chi connectivity index (χ3n) is 4.09. The molecule has 3 rings (SSSR count). The van der Waals surface area contributed by atoms with E-state index in [1.54, 1.807) is 6.07 Å². The van der Waals surface area contributed by atoms with Gasteiger partial charge >= 0.3 is 5.97 Å². The zero-order valence-corrected chi connectivity index (χ0v) is 12.3. The molecule has 21 heavy (non-hydrogen) atoms. The molecule has 0 saturated heterocycles. The van der Waals surface area contributed by atoms with E-state index in [-0.39, 0.29) is 5.97 Å². The second-order valence-electron chi connectivity index (χ2n) is 5.51. The number of hydrogen-bond donors (Lipinski definition) is 1. The monoisotopic (exact) mass is 282 g/mol. The molecule has 0 heterocycles. The van der Waals surface area contributed by atoms with E-state index in [1.165, 1.54) is 12.7 Å². The lowest BCUT2D eigenvalue weighted by molar-refractivity contribution is 0.0601. The Hall–Kier alpha value is -2.29. The number of esters is 1. The van der Waals surface area contributed by atoms with E-state index in [1.807, 2.05) is 31.2 Å². The molecule has 0 aromatic heterocycles. The summed E-state index contributed by atoms with van der Waals surface area (Å²) in [4.78, 5) is 11.8. The van der Waals surface area contributed by atoms with Gasteiger partial charge in [0.05, 0.1) is 12.7 Å². The molecule has 3 nitrogen and oxygen atoms in total. The van der Waals surface area contributed by atoms with Gasteiger partial charge in [-0.2, -0.15) is 0 Å². The van der Waals surface area contributed by atoms with Crippen LogP contribution in [0.2, 0.25) is 0 Å². The highest BCUT2D eigenvalue weighted by molar-refractivity contribution is 5.92. The molecule has 1 aliphatic rings. The molecule has 0 bridgehead atoms. The molecular weight excluding hydrogens is 264 g/mol. The third-order valence-corrected chi connectivity index (χ3v) is 4.09. The summed E-state index contributed by atoms with van der Waals surface area (Å²) in [7, 11) is 1.39. The average Bonchev–Trinajstić information content (AvgIpc) is 2.64. The van der Waals surface area contributed by atoms with Crippen LogP contribution in [-0.4, -0.2) is 18.2 Å². The van der Waals surface area contributed by atoms with Gasteiger partial charge in [-0.05, 0) is 78.3 Å². The number of benzene rings is 2. The Balaban J connectivity index is 2.25. The molecule has 2 aromatic rings. The normalized spacial score (nSPS) is 13.0. The van der Waals surface area contributed by atoms with Crippen LogP contribution in [-0.2, 0) is 17.6 Å². The van der Waals surface area contributed by atoms with Gasteiger partial charge in [-0.1, -0.05) is 6.07 Å². The van der Waals surface area contributed by atoms with Crippen LogP contribution in [0.1, 0.15) is 33.5 Å². The number of hydrogen-bond acceptors (Lipinski definition) is 3. The number of phenols is 1. The first kappa shape index (κ1) is 13.7. The summed E-state index contributed by atoms with van der Waals surface area (Å²) in [6.45, 7) is 2.00. The molecule has 0 unspecified atom stereocenters. The SMILES string of the molecule is COC(=O)c1ccc2c(c1)-c1c(C)cc(O)cc1CCC2. The minimum atomic E-state index is -0.319. The van der Waals surface area contributed by atoms with Crippen LogP contribution in [0.25, 0.3) is 11.1 Å². The molecule has 0 fully saturated rings. The van der Waals surface area contributed by atoms with Crippen LogP contribution in [0.15, 0.2) is 30.3 Å². The topological polar surface area (TPSA) is 46.5 Å². The van der Waals surface area contributed by atoms with E-state index >= 15 is 0 Å². The predicted octanol–water partition coefficient (Wildman–Crippen LogP) is 3.64. The second-order valence-corrected chi connectivity index (χ2v) is 5.51. The summed E-state index contributed by atoms with van der Waals surface area (Å²) < 4.78 is 4.82. The Morgan fingerprint density at radius 3 is 2.67 bits per heavy atom. The van der Waals surface area contributed by atoms with Crippen molar-refractivity contribution in [3.8, 4) is 16.9 Å². The minimum absolute atomic E-state index is 0.304. The van der Waals surface area contributed by atoms with Crippen LogP contribution in [0.5, 0.6) is 5.75 Å². The van der Waals surface area contributed by atoms with Crippen molar-refractivity contribution in [3.05, 3.63) is 52.6 Å². The van der Waals surface area contributed by atoms with Crippen LogP contribution >= 0.6 is 0 Å². The van der Waals surface area contributed by atoms with Crippen LogP contribution in [0, 0.1) is 6.92 Å². The Kier molecular flexibility index (Phi) is 3.42. The Labute approximate surface area is 124 Å². The fraction of sp³-hybridized carbons (Fsp3) is 0.278. The predicted molar refractivity (Wildman–Crippen MR) is 81.6 cm³/mol. The van der Waals surface area contributed by atoms with E-state index in [0.717, 1.165) is 41.5 Å². The first-order chi connectivity index (χ1) is 10.1. The van der Waals surface area contributed by atoms with E-state index < -0.39 is 0 Å². The molecule has 0 atom stereocenters. The Bertz CT molecular complexity index is 717. The zero-order chi connectivity index (χ0) is 15.0. The lowest BCUT2D eigenvalue weighted by atomic mass is 9.91.